The SMILES string of the molecule is Cc1cc2ccn(-c3ccccc3)c2c(C)c1N(c1ccc(F)cc1)c1cc(N(c2ccc(F)cc2)c2c(C)cc3ccn(-c4ccccc4)c3c2C)c2ccc3c(N(c4ccc(F)cc4)c4c(C)cc5ccn(-c6ccccc6)c5c4C)cc(N(c4ccc(F)cc4)c4c(C)cc5ccn(-c6ccccc6)c5c4C)c4ccc1c2c43. The van der Waals surface area contributed by atoms with Crippen molar-refractivity contribution in [3.05, 3.63) is 396 Å². The Kier molecular flexibility index (Phi) is 16.9. The molecule has 8 nitrogen and oxygen atoms in total. The van der Waals surface area contributed by atoms with Gasteiger partial charge in [-0.15, -0.1) is 0 Å². The van der Waals surface area contributed by atoms with Crippen molar-refractivity contribution in [1.29, 1.82) is 0 Å². The van der Waals surface area contributed by atoms with Crippen LogP contribution in [0.4, 0.5) is 85.8 Å². The van der Waals surface area contributed by atoms with Crippen LogP contribution >= 0.6 is 0 Å². The highest BCUT2D eigenvalue weighted by atomic mass is 19.1. The summed E-state index contributed by atoms with van der Waals surface area (Å²) in [7, 11) is 0. The molecule has 0 aliphatic rings. The monoisotopic (exact) mass is 1510 g/mol. The molecule has 20 rings (SSSR count). The lowest BCUT2D eigenvalue weighted by molar-refractivity contribution is 0.627. The lowest BCUT2D eigenvalue weighted by Gasteiger charge is -2.36. The molecule has 0 atom stereocenters. The summed E-state index contributed by atoms with van der Waals surface area (Å²) in [5.74, 6) is -1.54. The van der Waals surface area contributed by atoms with Gasteiger partial charge in [0.25, 0.3) is 0 Å². The number of rotatable bonds is 16. The number of halogens is 4. The van der Waals surface area contributed by atoms with Crippen LogP contribution in [0.5, 0.6) is 0 Å². The molecule has 0 aliphatic heterocycles. The lowest BCUT2D eigenvalue weighted by Crippen LogP contribution is -2.18. The highest BCUT2D eigenvalue weighted by molar-refractivity contribution is 6.33. The molecular weight excluding hydrogens is 1440 g/mol. The van der Waals surface area contributed by atoms with Gasteiger partial charge >= 0.3 is 0 Å². The van der Waals surface area contributed by atoms with Crippen molar-refractivity contribution in [2.24, 2.45) is 0 Å². The predicted molar refractivity (Wildman–Crippen MR) is 474 cm³/mol. The molecule has 12 heteroatoms. The van der Waals surface area contributed by atoms with E-state index in [0.29, 0.717) is 22.7 Å². The van der Waals surface area contributed by atoms with Crippen LogP contribution in [0.3, 0.4) is 0 Å². The third-order valence-corrected chi connectivity index (χ3v) is 23.6. The minimum atomic E-state index is -0.386. The maximum absolute atomic E-state index is 16.2. The summed E-state index contributed by atoms with van der Waals surface area (Å²) in [5, 5.41) is 9.41. The molecule has 0 saturated carbocycles. The van der Waals surface area contributed by atoms with Crippen LogP contribution in [0.1, 0.15) is 44.5 Å². The smallest absolute Gasteiger partial charge is 0.123 e. The van der Waals surface area contributed by atoms with Crippen LogP contribution in [-0.4, -0.2) is 18.3 Å². The molecule has 16 aromatic carbocycles. The van der Waals surface area contributed by atoms with Gasteiger partial charge in [-0.2, -0.15) is 0 Å². The van der Waals surface area contributed by atoms with Crippen LogP contribution < -0.4 is 19.6 Å². The average molecular weight is 1520 g/mol. The molecule has 116 heavy (non-hydrogen) atoms. The van der Waals surface area contributed by atoms with Crippen LogP contribution in [0.2, 0.25) is 0 Å². The molecule has 0 bridgehead atoms. The third-order valence-electron chi connectivity index (χ3n) is 23.6. The first-order valence-electron chi connectivity index (χ1n) is 39.2. The van der Waals surface area contributed by atoms with E-state index in [1.54, 1.807) is 0 Å². The van der Waals surface area contributed by atoms with Gasteiger partial charge in [0.2, 0.25) is 0 Å². The summed E-state index contributed by atoms with van der Waals surface area (Å²) in [4.78, 5) is 9.27. The Hall–Kier alpha value is -14.4. The van der Waals surface area contributed by atoms with E-state index in [0.717, 1.165) is 189 Å². The predicted octanol–water partition coefficient (Wildman–Crippen LogP) is 29.3. The number of benzene rings is 16. The third kappa shape index (κ3) is 11.4. The molecule has 4 heterocycles. The second-order valence-corrected chi connectivity index (χ2v) is 30.7. The molecule has 562 valence electrons. The van der Waals surface area contributed by atoms with Crippen molar-refractivity contribution in [3.63, 3.8) is 0 Å². The summed E-state index contributed by atoms with van der Waals surface area (Å²) < 4.78 is 73.7. The normalized spacial score (nSPS) is 11.8. The Morgan fingerprint density at radius 1 is 0.216 bits per heavy atom. The van der Waals surface area contributed by atoms with Crippen LogP contribution in [0.15, 0.2) is 328 Å². The summed E-state index contributed by atoms with van der Waals surface area (Å²) in [6.07, 6.45) is 8.53. The number of nitrogens with zero attached hydrogens (tertiary/aromatic N) is 8. The van der Waals surface area contributed by atoms with Crippen LogP contribution in [-0.2, 0) is 0 Å². The standard InChI is InChI=1S/C104H78F4N8/c1-63-57-71-49-53-109(79-21-13-9-14-22-79)101(71)67(5)97(63)113(83-37-29-75(105)30-38-83)91-61-92(114(84-39-31-76(106)32-40-84)98-64(2)58-72-50-54-110(102(72)68(98)6)80-23-15-10-16-24-80)88-47-48-90-94(116(86-43-35-78(108)36-44-86)100-66(4)60-74-52-56-112(104(74)70(100)8)82-27-19-12-20-28-82)62-93(89-46-45-87(91)95(88)96(89)90)115(85-41-33-77(107)34-42-85)99-65(3)59-73-51-55-111(103(73)69(99)7)81-25-17-11-18-26-81/h9-62H,1-8H3. The van der Waals surface area contributed by atoms with Gasteiger partial charge in [-0.25, -0.2) is 17.6 Å². The fourth-order valence-corrected chi connectivity index (χ4v) is 18.8. The highest BCUT2D eigenvalue weighted by Crippen LogP contribution is 2.58. The Labute approximate surface area is 669 Å². The number of aromatic nitrogens is 4. The number of aryl methyl sites for hydroxylation is 8. The van der Waals surface area contributed by atoms with Gasteiger partial charge in [-0.3, -0.25) is 0 Å². The molecule has 20 aromatic rings. The zero-order chi connectivity index (χ0) is 79.1. The number of hydrogen-bond donors (Lipinski definition) is 0. The molecule has 0 radical (unpaired) electrons. The lowest BCUT2D eigenvalue weighted by atomic mass is 9.88. The number of fused-ring (bicyclic) bond motifs is 4. The van der Waals surface area contributed by atoms with Gasteiger partial charge in [0, 0.05) is 124 Å². The van der Waals surface area contributed by atoms with Gasteiger partial charge in [-0.1, -0.05) is 97.1 Å². The van der Waals surface area contributed by atoms with Gasteiger partial charge in [0.05, 0.1) is 67.6 Å². The zero-order valence-electron chi connectivity index (χ0n) is 65.3. The second kappa shape index (κ2) is 27.8. The summed E-state index contributed by atoms with van der Waals surface area (Å²) in [5.41, 5.74) is 25.3. The maximum Gasteiger partial charge on any atom is 0.123 e. The Balaban J connectivity index is 0.994. The molecule has 0 aliphatic carbocycles. The van der Waals surface area contributed by atoms with E-state index in [2.05, 4.69) is 300 Å². The first-order chi connectivity index (χ1) is 56.5. The molecular formula is C104H78F4N8. The minimum Gasteiger partial charge on any atom is -0.316 e. The quantitative estimate of drug-likeness (QED) is 0.0713. The fourth-order valence-electron chi connectivity index (χ4n) is 18.8. The first kappa shape index (κ1) is 70.7. The molecule has 0 N–H and O–H groups in total. The van der Waals surface area contributed by atoms with Gasteiger partial charge in [0.15, 0.2) is 0 Å². The second-order valence-electron chi connectivity index (χ2n) is 30.7. The van der Waals surface area contributed by atoms with Gasteiger partial charge < -0.3 is 37.9 Å². The first-order valence-corrected chi connectivity index (χ1v) is 39.2. The van der Waals surface area contributed by atoms with Crippen molar-refractivity contribution < 1.29 is 17.6 Å². The minimum absolute atomic E-state index is 0.386. The fraction of sp³-hybridized carbons (Fsp3) is 0.0769. The summed E-state index contributed by atoms with van der Waals surface area (Å²) >= 11 is 0. The van der Waals surface area contributed by atoms with E-state index in [4.69, 9.17) is 0 Å². The van der Waals surface area contributed by atoms with Crippen LogP contribution in [0, 0.1) is 78.7 Å². The molecule has 0 unspecified atom stereocenters. The van der Waals surface area contributed by atoms with Crippen molar-refractivity contribution in [2.75, 3.05) is 19.6 Å². The molecule has 0 amide bonds. The van der Waals surface area contributed by atoms with Crippen LogP contribution in [0.25, 0.3) is 98.7 Å². The average Bonchev–Trinajstić information content (AvgIpc) is 0.989. The molecule has 0 saturated heterocycles. The van der Waals surface area contributed by atoms with Crippen molar-refractivity contribution in [2.45, 2.75) is 55.4 Å². The zero-order valence-corrected chi connectivity index (χ0v) is 65.3. The maximum atomic E-state index is 16.2. The van der Waals surface area contributed by atoms with E-state index in [1.165, 1.54) is 48.5 Å². The van der Waals surface area contributed by atoms with Gasteiger partial charge in [-0.05, 0) is 306 Å². The van der Waals surface area contributed by atoms with Gasteiger partial charge in [0.1, 0.15) is 23.3 Å². The topological polar surface area (TPSA) is 32.7 Å². The van der Waals surface area contributed by atoms with E-state index in [9.17, 15) is 0 Å². The number of hydrogen-bond acceptors (Lipinski definition) is 4. The van der Waals surface area contributed by atoms with E-state index >= 15 is 17.6 Å². The Morgan fingerprint density at radius 3 is 0.612 bits per heavy atom. The van der Waals surface area contributed by atoms with E-state index in [1.807, 2.05) is 72.8 Å². The molecule has 0 fully saturated rings. The highest BCUT2D eigenvalue weighted by Gasteiger charge is 2.34. The summed E-state index contributed by atoms with van der Waals surface area (Å²) in [6, 6.07) is 100. The molecule has 0 spiro atoms. The number of anilines is 12. The van der Waals surface area contributed by atoms with Crippen molar-refractivity contribution in [1.82, 2.24) is 18.3 Å². The Morgan fingerprint density at radius 2 is 0.414 bits per heavy atom. The van der Waals surface area contributed by atoms with E-state index in [-0.39, 0.29) is 23.3 Å². The Bertz CT molecular complexity index is 6390. The largest absolute Gasteiger partial charge is 0.316 e. The molecule has 4 aromatic heterocycles. The number of para-hydroxylation sites is 4. The summed E-state index contributed by atoms with van der Waals surface area (Å²) in [6.45, 7) is 17.4. The van der Waals surface area contributed by atoms with Crippen molar-refractivity contribution in [3.8, 4) is 22.7 Å². The van der Waals surface area contributed by atoms with E-state index < -0.39 is 0 Å². The van der Waals surface area contributed by atoms with Crippen molar-refractivity contribution >= 4 is 144 Å².